The highest BCUT2D eigenvalue weighted by Gasteiger charge is 2.29. The number of fused-ring (bicyclic) bond motifs is 3. The number of rotatable bonds is 4. The molecule has 0 aliphatic carbocycles. The molecular formula is C21H22N2O2. The van der Waals surface area contributed by atoms with E-state index in [1.807, 2.05) is 24.1 Å². The highest BCUT2D eigenvalue weighted by molar-refractivity contribution is 6.03. The molecule has 4 rings (SSSR count). The third-order valence-electron chi connectivity index (χ3n) is 5.09. The van der Waals surface area contributed by atoms with Crippen LogP contribution in [0, 0.1) is 0 Å². The monoisotopic (exact) mass is 334 g/mol. The summed E-state index contributed by atoms with van der Waals surface area (Å²) in [6.07, 6.45) is 1.79. The molecule has 0 unspecified atom stereocenters. The minimum Gasteiger partial charge on any atom is -0.497 e. The first-order valence-corrected chi connectivity index (χ1v) is 8.67. The zero-order chi connectivity index (χ0) is 17.4. The van der Waals surface area contributed by atoms with Crippen LogP contribution in [-0.4, -0.2) is 36.1 Å². The van der Waals surface area contributed by atoms with Crippen LogP contribution in [0.3, 0.4) is 0 Å². The van der Waals surface area contributed by atoms with Gasteiger partial charge in [-0.25, -0.2) is 0 Å². The van der Waals surface area contributed by atoms with Crippen molar-refractivity contribution in [3.05, 3.63) is 65.4 Å². The molecule has 0 fully saturated rings. The Bertz CT molecular complexity index is 928. The number of nitrogens with zero attached hydrogens (tertiary/aromatic N) is 2. The van der Waals surface area contributed by atoms with Crippen LogP contribution in [0.5, 0.6) is 5.75 Å². The topological polar surface area (TPSA) is 34.5 Å². The van der Waals surface area contributed by atoms with Gasteiger partial charge in [-0.2, -0.15) is 0 Å². The van der Waals surface area contributed by atoms with Gasteiger partial charge in [0.2, 0.25) is 0 Å². The van der Waals surface area contributed by atoms with Crippen molar-refractivity contribution >= 4 is 16.8 Å². The van der Waals surface area contributed by atoms with Crippen LogP contribution >= 0.6 is 0 Å². The predicted octanol–water partition coefficient (Wildman–Crippen LogP) is 3.52. The second-order valence-corrected chi connectivity index (χ2v) is 6.57. The smallest absolute Gasteiger partial charge is 0.270 e. The fraction of sp³-hybridized carbons (Fsp3) is 0.286. The van der Waals surface area contributed by atoms with Gasteiger partial charge in [0, 0.05) is 31.0 Å². The molecule has 1 aliphatic heterocycles. The van der Waals surface area contributed by atoms with Gasteiger partial charge >= 0.3 is 0 Å². The summed E-state index contributed by atoms with van der Waals surface area (Å²) in [5.41, 5.74) is 4.40. The zero-order valence-corrected chi connectivity index (χ0v) is 14.7. The number of methoxy groups -OCH3 is 1. The lowest BCUT2D eigenvalue weighted by Gasteiger charge is -2.24. The Morgan fingerprint density at radius 3 is 2.68 bits per heavy atom. The number of amides is 1. The van der Waals surface area contributed by atoms with E-state index in [0.29, 0.717) is 0 Å². The Labute approximate surface area is 147 Å². The van der Waals surface area contributed by atoms with Crippen LogP contribution in [0.1, 0.15) is 21.6 Å². The molecule has 25 heavy (non-hydrogen) atoms. The second-order valence-electron chi connectivity index (χ2n) is 6.57. The van der Waals surface area contributed by atoms with E-state index in [1.165, 1.54) is 5.56 Å². The summed E-state index contributed by atoms with van der Waals surface area (Å²) in [6, 6.07) is 16.5. The standard InChI is InChI=1S/C21H22N2O2/c1-22-12-11-17-18-14-16(25-2)8-9-19(18)23(20(17)21(22)24)13-10-15-6-4-3-5-7-15/h3-9,14H,10-13H2,1-2H3. The van der Waals surface area contributed by atoms with E-state index in [-0.39, 0.29) is 5.91 Å². The summed E-state index contributed by atoms with van der Waals surface area (Å²) in [6.45, 7) is 1.56. The predicted molar refractivity (Wildman–Crippen MR) is 99.3 cm³/mol. The van der Waals surface area contributed by atoms with Crippen LogP contribution in [0.2, 0.25) is 0 Å². The maximum atomic E-state index is 12.8. The second kappa shape index (κ2) is 6.28. The highest BCUT2D eigenvalue weighted by Crippen LogP contribution is 2.33. The Morgan fingerprint density at radius 2 is 1.92 bits per heavy atom. The van der Waals surface area contributed by atoms with Crippen molar-refractivity contribution in [3.8, 4) is 5.75 Å². The van der Waals surface area contributed by atoms with E-state index in [2.05, 4.69) is 41.0 Å². The van der Waals surface area contributed by atoms with Crippen molar-refractivity contribution in [2.45, 2.75) is 19.4 Å². The van der Waals surface area contributed by atoms with E-state index < -0.39 is 0 Å². The fourth-order valence-corrected chi connectivity index (χ4v) is 3.71. The zero-order valence-electron chi connectivity index (χ0n) is 14.7. The summed E-state index contributed by atoms with van der Waals surface area (Å²) in [5.74, 6) is 0.950. The molecular weight excluding hydrogens is 312 g/mol. The van der Waals surface area contributed by atoms with Crippen molar-refractivity contribution in [3.63, 3.8) is 0 Å². The van der Waals surface area contributed by atoms with E-state index >= 15 is 0 Å². The van der Waals surface area contributed by atoms with Gasteiger partial charge in [0.25, 0.3) is 5.91 Å². The third-order valence-corrected chi connectivity index (χ3v) is 5.09. The van der Waals surface area contributed by atoms with Crippen molar-refractivity contribution in [1.82, 2.24) is 9.47 Å². The molecule has 3 aromatic rings. The maximum absolute atomic E-state index is 12.8. The number of benzene rings is 2. The van der Waals surface area contributed by atoms with Gasteiger partial charge in [0.15, 0.2) is 0 Å². The van der Waals surface area contributed by atoms with E-state index in [4.69, 9.17) is 4.74 Å². The van der Waals surface area contributed by atoms with Crippen molar-refractivity contribution in [2.75, 3.05) is 20.7 Å². The molecule has 0 N–H and O–H groups in total. The molecule has 1 aliphatic rings. The molecule has 0 spiro atoms. The van der Waals surface area contributed by atoms with Crippen molar-refractivity contribution < 1.29 is 9.53 Å². The largest absolute Gasteiger partial charge is 0.497 e. The number of ether oxygens (including phenoxy) is 1. The molecule has 1 amide bonds. The first-order chi connectivity index (χ1) is 12.2. The number of aromatic nitrogens is 1. The van der Waals surface area contributed by atoms with Gasteiger partial charge in [0.05, 0.1) is 7.11 Å². The number of hydrogen-bond acceptors (Lipinski definition) is 2. The van der Waals surface area contributed by atoms with Gasteiger partial charge in [-0.3, -0.25) is 4.79 Å². The molecule has 128 valence electrons. The molecule has 0 atom stereocenters. The normalized spacial score (nSPS) is 14.0. The SMILES string of the molecule is COc1ccc2c(c1)c1c(n2CCc2ccccc2)C(=O)N(C)CC1. The molecule has 0 saturated heterocycles. The Balaban J connectivity index is 1.82. The van der Waals surface area contributed by atoms with E-state index in [0.717, 1.165) is 53.8 Å². The van der Waals surface area contributed by atoms with Crippen LogP contribution in [0.15, 0.2) is 48.5 Å². The van der Waals surface area contributed by atoms with Gasteiger partial charge in [-0.15, -0.1) is 0 Å². The number of hydrogen-bond donors (Lipinski definition) is 0. The van der Waals surface area contributed by atoms with Gasteiger partial charge in [0.1, 0.15) is 11.4 Å². The molecule has 4 nitrogen and oxygen atoms in total. The number of likely N-dealkylation sites (N-methyl/N-ethyl adjacent to an activating group) is 1. The lowest BCUT2D eigenvalue weighted by Crippen LogP contribution is -2.35. The number of carbonyl (C=O) groups is 1. The third kappa shape index (κ3) is 2.68. The minimum atomic E-state index is 0.115. The van der Waals surface area contributed by atoms with Crippen LogP contribution in [0.25, 0.3) is 10.9 Å². The molecule has 0 bridgehead atoms. The molecule has 1 aromatic heterocycles. The fourth-order valence-electron chi connectivity index (χ4n) is 3.71. The Kier molecular flexibility index (Phi) is 3.96. The minimum absolute atomic E-state index is 0.115. The molecule has 0 saturated carbocycles. The number of carbonyl (C=O) groups excluding carboxylic acids is 1. The summed E-state index contributed by atoms with van der Waals surface area (Å²) in [5, 5.41) is 1.14. The van der Waals surface area contributed by atoms with Crippen molar-refractivity contribution in [1.29, 1.82) is 0 Å². The lowest BCUT2D eigenvalue weighted by atomic mass is 10.0. The van der Waals surface area contributed by atoms with Gasteiger partial charge in [-0.1, -0.05) is 30.3 Å². The Hall–Kier alpha value is -2.75. The summed E-state index contributed by atoms with van der Waals surface area (Å²) in [4.78, 5) is 14.7. The van der Waals surface area contributed by atoms with E-state index in [9.17, 15) is 4.79 Å². The maximum Gasteiger partial charge on any atom is 0.270 e. The molecule has 0 radical (unpaired) electrons. The quantitative estimate of drug-likeness (QED) is 0.732. The molecule has 2 heterocycles. The number of aryl methyl sites for hydroxylation is 2. The van der Waals surface area contributed by atoms with Gasteiger partial charge in [-0.05, 0) is 42.2 Å². The summed E-state index contributed by atoms with van der Waals surface area (Å²) >= 11 is 0. The summed E-state index contributed by atoms with van der Waals surface area (Å²) in [7, 11) is 3.56. The van der Waals surface area contributed by atoms with E-state index in [1.54, 1.807) is 7.11 Å². The molecule has 4 heteroatoms. The van der Waals surface area contributed by atoms with Crippen LogP contribution in [0.4, 0.5) is 0 Å². The van der Waals surface area contributed by atoms with Crippen LogP contribution in [-0.2, 0) is 19.4 Å². The first-order valence-electron chi connectivity index (χ1n) is 8.67. The van der Waals surface area contributed by atoms with Gasteiger partial charge < -0.3 is 14.2 Å². The summed E-state index contributed by atoms with van der Waals surface area (Å²) < 4.78 is 7.58. The Morgan fingerprint density at radius 1 is 1.12 bits per heavy atom. The first kappa shape index (κ1) is 15.8. The van der Waals surface area contributed by atoms with Crippen LogP contribution < -0.4 is 4.74 Å². The average Bonchev–Trinajstić information content (AvgIpc) is 2.97. The average molecular weight is 334 g/mol. The lowest BCUT2D eigenvalue weighted by molar-refractivity contribution is 0.0770. The highest BCUT2D eigenvalue weighted by atomic mass is 16.5. The molecule has 2 aromatic carbocycles. The van der Waals surface area contributed by atoms with Crippen molar-refractivity contribution in [2.24, 2.45) is 0 Å².